The molecule has 0 aliphatic heterocycles. The Labute approximate surface area is 112 Å². The predicted octanol–water partition coefficient (Wildman–Crippen LogP) is 0.717. The third-order valence-corrected chi connectivity index (χ3v) is 3.73. The lowest BCUT2D eigenvalue weighted by atomic mass is 10.3. The first-order chi connectivity index (χ1) is 9.29. The number of benzene rings is 1. The van der Waals surface area contributed by atoms with Crippen LogP contribution in [0.5, 0.6) is 0 Å². The van der Waals surface area contributed by atoms with Crippen molar-refractivity contribution < 1.29 is 21.7 Å². The van der Waals surface area contributed by atoms with Gasteiger partial charge < -0.3 is 10.3 Å². The van der Waals surface area contributed by atoms with Gasteiger partial charge in [-0.05, 0) is 12.1 Å². The van der Waals surface area contributed by atoms with E-state index in [-0.39, 0.29) is 23.9 Å². The standard InChI is InChI=1S/C10H10F2N4O3S/c1-5-15-9(16-19-5)4-14-20(17,18)10-7(11)2-6(13)3-8(10)12/h2-3,14H,4,13H2,1H3. The number of nitrogens with one attached hydrogen (secondary N) is 1. The summed E-state index contributed by atoms with van der Waals surface area (Å²) in [6.07, 6.45) is 0. The number of hydrogen-bond acceptors (Lipinski definition) is 6. The summed E-state index contributed by atoms with van der Waals surface area (Å²) in [5.74, 6) is -2.27. The van der Waals surface area contributed by atoms with Crippen molar-refractivity contribution in [2.75, 3.05) is 5.73 Å². The summed E-state index contributed by atoms with van der Waals surface area (Å²) in [6, 6.07) is 1.44. The van der Waals surface area contributed by atoms with Gasteiger partial charge in [-0.15, -0.1) is 0 Å². The molecule has 0 atom stereocenters. The number of rotatable bonds is 4. The molecule has 2 rings (SSSR count). The Morgan fingerprint density at radius 1 is 1.35 bits per heavy atom. The van der Waals surface area contributed by atoms with Gasteiger partial charge in [0.05, 0.1) is 6.54 Å². The monoisotopic (exact) mass is 304 g/mol. The molecule has 0 spiro atoms. The second-order valence-electron chi connectivity index (χ2n) is 3.87. The highest BCUT2D eigenvalue weighted by Gasteiger charge is 2.25. The minimum absolute atomic E-state index is 0.0438. The van der Waals surface area contributed by atoms with Gasteiger partial charge in [0.25, 0.3) is 0 Å². The smallest absolute Gasteiger partial charge is 0.246 e. The highest BCUT2D eigenvalue weighted by atomic mass is 32.2. The Kier molecular flexibility index (Phi) is 3.68. The quantitative estimate of drug-likeness (QED) is 0.805. The van der Waals surface area contributed by atoms with Crippen molar-refractivity contribution in [3.8, 4) is 0 Å². The minimum Gasteiger partial charge on any atom is -0.399 e. The zero-order valence-electron chi connectivity index (χ0n) is 10.2. The Morgan fingerprint density at radius 2 is 1.95 bits per heavy atom. The van der Waals surface area contributed by atoms with E-state index in [1.165, 1.54) is 6.92 Å². The zero-order valence-corrected chi connectivity index (χ0v) is 11.0. The summed E-state index contributed by atoms with van der Waals surface area (Å²) in [7, 11) is -4.40. The third kappa shape index (κ3) is 2.91. The molecule has 2 aromatic rings. The highest BCUT2D eigenvalue weighted by Crippen LogP contribution is 2.21. The van der Waals surface area contributed by atoms with E-state index in [0.717, 1.165) is 12.1 Å². The van der Waals surface area contributed by atoms with Crippen LogP contribution in [0.25, 0.3) is 0 Å². The number of aromatic nitrogens is 2. The van der Waals surface area contributed by atoms with Gasteiger partial charge in [0, 0.05) is 12.6 Å². The predicted molar refractivity (Wildman–Crippen MR) is 63.8 cm³/mol. The highest BCUT2D eigenvalue weighted by molar-refractivity contribution is 7.89. The van der Waals surface area contributed by atoms with Gasteiger partial charge in [-0.25, -0.2) is 21.9 Å². The molecule has 1 aromatic heterocycles. The summed E-state index contributed by atoms with van der Waals surface area (Å²) in [5.41, 5.74) is 5.00. The van der Waals surface area contributed by atoms with Crippen LogP contribution in [0.15, 0.2) is 21.6 Å². The number of hydrogen-bond donors (Lipinski definition) is 2. The largest absolute Gasteiger partial charge is 0.399 e. The first-order valence-electron chi connectivity index (χ1n) is 5.33. The maximum atomic E-state index is 13.5. The van der Waals surface area contributed by atoms with Gasteiger partial charge in [0.1, 0.15) is 11.6 Å². The molecular weight excluding hydrogens is 294 g/mol. The Morgan fingerprint density at radius 3 is 2.45 bits per heavy atom. The van der Waals surface area contributed by atoms with Gasteiger partial charge in [0.2, 0.25) is 15.9 Å². The van der Waals surface area contributed by atoms with Gasteiger partial charge in [-0.2, -0.15) is 4.98 Å². The topological polar surface area (TPSA) is 111 Å². The number of nitrogens with two attached hydrogens (primary N) is 1. The van der Waals surface area contributed by atoms with Crippen molar-refractivity contribution in [2.45, 2.75) is 18.4 Å². The summed E-state index contributed by atoms with van der Waals surface area (Å²) < 4.78 is 57.4. The van der Waals surface area contributed by atoms with Crippen molar-refractivity contribution in [3.63, 3.8) is 0 Å². The molecule has 0 amide bonds. The van der Waals surface area contributed by atoms with Crippen molar-refractivity contribution in [3.05, 3.63) is 35.5 Å². The molecular formula is C10H10F2N4O3S. The van der Waals surface area contributed by atoms with E-state index in [9.17, 15) is 17.2 Å². The van der Waals surface area contributed by atoms with E-state index in [1.54, 1.807) is 0 Å². The van der Waals surface area contributed by atoms with Crippen LogP contribution < -0.4 is 10.5 Å². The molecule has 108 valence electrons. The van der Waals surface area contributed by atoms with Crippen LogP contribution in [0, 0.1) is 18.6 Å². The molecule has 0 fully saturated rings. The van der Waals surface area contributed by atoms with E-state index in [4.69, 9.17) is 5.73 Å². The van der Waals surface area contributed by atoms with E-state index in [1.807, 2.05) is 4.72 Å². The number of halogens is 2. The molecule has 7 nitrogen and oxygen atoms in total. The molecule has 20 heavy (non-hydrogen) atoms. The first kappa shape index (κ1) is 14.3. The van der Waals surface area contributed by atoms with Crippen molar-refractivity contribution >= 4 is 15.7 Å². The van der Waals surface area contributed by atoms with Crippen LogP contribution in [-0.2, 0) is 16.6 Å². The summed E-state index contributed by atoms with van der Waals surface area (Å²) in [4.78, 5) is 2.65. The average molecular weight is 304 g/mol. The first-order valence-corrected chi connectivity index (χ1v) is 6.81. The molecule has 0 unspecified atom stereocenters. The van der Waals surface area contributed by atoms with E-state index in [2.05, 4.69) is 14.7 Å². The number of sulfonamides is 1. The fourth-order valence-corrected chi connectivity index (χ4v) is 2.58. The Hall–Kier alpha value is -2.07. The van der Waals surface area contributed by atoms with Crippen LogP contribution in [-0.4, -0.2) is 18.6 Å². The van der Waals surface area contributed by atoms with Crippen molar-refractivity contribution in [1.29, 1.82) is 0 Å². The molecule has 0 saturated heterocycles. The molecule has 3 N–H and O–H groups in total. The maximum Gasteiger partial charge on any atom is 0.246 e. The molecule has 0 bridgehead atoms. The van der Waals surface area contributed by atoms with Crippen molar-refractivity contribution in [1.82, 2.24) is 14.9 Å². The minimum atomic E-state index is -4.40. The number of anilines is 1. The summed E-state index contributed by atoms with van der Waals surface area (Å²) >= 11 is 0. The molecule has 0 aliphatic rings. The number of aryl methyl sites for hydroxylation is 1. The molecule has 1 heterocycles. The van der Waals surface area contributed by atoms with Gasteiger partial charge in [-0.3, -0.25) is 0 Å². The van der Waals surface area contributed by atoms with Crippen LogP contribution in [0.1, 0.15) is 11.7 Å². The van der Waals surface area contributed by atoms with Gasteiger partial charge >= 0.3 is 0 Å². The fourth-order valence-electron chi connectivity index (χ4n) is 1.48. The van der Waals surface area contributed by atoms with Crippen LogP contribution in [0.4, 0.5) is 14.5 Å². The molecule has 0 saturated carbocycles. The van der Waals surface area contributed by atoms with E-state index in [0.29, 0.717) is 0 Å². The lowest BCUT2D eigenvalue weighted by molar-refractivity contribution is 0.387. The lowest BCUT2D eigenvalue weighted by Gasteiger charge is -2.07. The fraction of sp³-hybridized carbons (Fsp3) is 0.200. The second kappa shape index (κ2) is 5.13. The van der Waals surface area contributed by atoms with E-state index >= 15 is 0 Å². The van der Waals surface area contributed by atoms with Crippen LogP contribution >= 0.6 is 0 Å². The maximum absolute atomic E-state index is 13.5. The molecule has 1 aromatic carbocycles. The Bertz CT molecular complexity index is 722. The molecule has 0 radical (unpaired) electrons. The normalized spacial score (nSPS) is 11.8. The van der Waals surface area contributed by atoms with Crippen LogP contribution in [0.3, 0.4) is 0 Å². The van der Waals surface area contributed by atoms with Crippen molar-refractivity contribution in [2.24, 2.45) is 0 Å². The molecule has 10 heteroatoms. The number of nitrogen functional groups attached to an aromatic ring is 1. The summed E-state index contributed by atoms with van der Waals surface area (Å²) in [5, 5.41) is 3.45. The third-order valence-electron chi connectivity index (χ3n) is 2.28. The van der Waals surface area contributed by atoms with Gasteiger partial charge in [-0.1, -0.05) is 5.16 Å². The Balaban J connectivity index is 2.27. The molecule has 0 aliphatic carbocycles. The van der Waals surface area contributed by atoms with E-state index < -0.39 is 26.6 Å². The van der Waals surface area contributed by atoms with Gasteiger partial charge in [0.15, 0.2) is 10.7 Å². The summed E-state index contributed by atoms with van der Waals surface area (Å²) in [6.45, 7) is 1.16. The van der Waals surface area contributed by atoms with Crippen LogP contribution in [0.2, 0.25) is 0 Å². The second-order valence-corrected chi connectivity index (χ2v) is 5.57. The average Bonchev–Trinajstić information content (AvgIpc) is 2.71. The zero-order chi connectivity index (χ0) is 14.9. The number of nitrogens with zero attached hydrogens (tertiary/aromatic N) is 2. The SMILES string of the molecule is Cc1nc(CNS(=O)(=O)c2c(F)cc(N)cc2F)no1. The lowest BCUT2D eigenvalue weighted by Crippen LogP contribution is -2.26.